The lowest BCUT2D eigenvalue weighted by Gasteiger charge is -2.10. The van der Waals surface area contributed by atoms with Crippen LogP contribution in [-0.4, -0.2) is 16.7 Å². The van der Waals surface area contributed by atoms with Gasteiger partial charge in [0.15, 0.2) is 0 Å². The Bertz CT molecular complexity index is 771. The molecule has 1 amide bonds. The summed E-state index contributed by atoms with van der Waals surface area (Å²) in [5, 5.41) is 5.24. The molecule has 1 fully saturated rings. The third-order valence-electron chi connectivity index (χ3n) is 3.90. The third-order valence-corrected chi connectivity index (χ3v) is 4.34. The highest BCUT2D eigenvalue weighted by molar-refractivity contribution is 6.34. The van der Waals surface area contributed by atoms with Crippen LogP contribution in [0.25, 0.3) is 5.69 Å². The second-order valence-corrected chi connectivity index (χ2v) is 6.67. The van der Waals surface area contributed by atoms with E-state index in [-0.39, 0.29) is 11.8 Å². The first-order valence-electron chi connectivity index (χ1n) is 7.44. The van der Waals surface area contributed by atoms with Crippen molar-refractivity contribution in [2.45, 2.75) is 26.7 Å². The first-order valence-corrected chi connectivity index (χ1v) is 8.19. The molecule has 0 saturated heterocycles. The molecule has 3 rings (SSSR count). The molecule has 0 atom stereocenters. The summed E-state index contributed by atoms with van der Waals surface area (Å²) in [6, 6.07) is 7.44. The summed E-state index contributed by atoms with van der Waals surface area (Å²) >= 11 is 12.2. The number of hydrogen-bond acceptors (Lipinski definition) is 2. The minimum atomic E-state index is -0.00307. The average molecular weight is 350 g/mol. The van der Waals surface area contributed by atoms with Gasteiger partial charge in [0.1, 0.15) is 0 Å². The Morgan fingerprint density at radius 2 is 1.87 bits per heavy atom. The van der Waals surface area contributed by atoms with Crippen molar-refractivity contribution >= 4 is 35.3 Å². The molecule has 1 aliphatic carbocycles. The van der Waals surface area contributed by atoms with Gasteiger partial charge in [0, 0.05) is 38.6 Å². The Morgan fingerprint density at radius 3 is 2.48 bits per heavy atom. The zero-order valence-corrected chi connectivity index (χ0v) is 14.4. The Hall–Kier alpha value is -1.78. The largest absolute Gasteiger partial charge is 0.318 e. The van der Waals surface area contributed by atoms with Crippen molar-refractivity contribution < 1.29 is 4.79 Å². The number of carbonyl (C=O) groups excluding carboxylic acids is 1. The molecule has 1 N–H and O–H groups in total. The van der Waals surface area contributed by atoms with Gasteiger partial charge >= 0.3 is 0 Å². The molecular weight excluding hydrogens is 333 g/mol. The fourth-order valence-electron chi connectivity index (χ4n) is 2.59. The molecule has 23 heavy (non-hydrogen) atoms. The third kappa shape index (κ3) is 3.59. The summed E-state index contributed by atoms with van der Waals surface area (Å²) in [5.41, 5.74) is 6.47. The number of aromatic nitrogens is 1. The Labute approximate surface area is 145 Å². The molecule has 6 heteroatoms. The molecule has 1 heterocycles. The van der Waals surface area contributed by atoms with Crippen molar-refractivity contribution in [3.8, 4) is 5.69 Å². The zero-order chi connectivity index (χ0) is 16.6. The summed E-state index contributed by atoms with van der Waals surface area (Å²) in [6.45, 7) is 3.99. The topological polar surface area (TPSA) is 46.4 Å². The highest BCUT2D eigenvalue weighted by atomic mass is 35.5. The Kier molecular flexibility index (Phi) is 4.46. The van der Waals surface area contributed by atoms with Crippen LogP contribution in [0.1, 0.15) is 29.8 Å². The van der Waals surface area contributed by atoms with Crippen molar-refractivity contribution in [2.75, 3.05) is 0 Å². The smallest absolute Gasteiger partial charge is 0.243 e. The minimum Gasteiger partial charge on any atom is -0.318 e. The predicted octanol–water partition coefficient (Wildman–Crippen LogP) is 4.26. The van der Waals surface area contributed by atoms with Gasteiger partial charge in [0.25, 0.3) is 0 Å². The number of benzene rings is 1. The molecule has 0 radical (unpaired) electrons. The standard InChI is InChI=1S/C17H17Cl2N3O/c1-10-5-13(9-20-21-17(23)12-3-4-12)11(2)22(10)16-7-14(18)6-15(19)8-16/h5-9,12H,3-4H2,1-2H3,(H,21,23)/b20-9-. The lowest BCUT2D eigenvalue weighted by molar-refractivity contribution is -0.122. The van der Waals surface area contributed by atoms with Crippen molar-refractivity contribution in [1.29, 1.82) is 0 Å². The highest BCUT2D eigenvalue weighted by Crippen LogP contribution is 2.29. The van der Waals surface area contributed by atoms with Gasteiger partial charge in [-0.2, -0.15) is 5.10 Å². The zero-order valence-electron chi connectivity index (χ0n) is 12.9. The molecule has 0 unspecified atom stereocenters. The highest BCUT2D eigenvalue weighted by Gasteiger charge is 2.29. The fourth-order valence-corrected chi connectivity index (χ4v) is 3.10. The minimum absolute atomic E-state index is 0.00307. The van der Waals surface area contributed by atoms with Crippen molar-refractivity contribution in [1.82, 2.24) is 9.99 Å². The fraction of sp³-hybridized carbons (Fsp3) is 0.294. The summed E-state index contributed by atoms with van der Waals surface area (Å²) in [4.78, 5) is 11.6. The Morgan fingerprint density at radius 1 is 1.22 bits per heavy atom. The summed E-state index contributed by atoms with van der Waals surface area (Å²) < 4.78 is 2.06. The molecule has 1 aromatic carbocycles. The number of aryl methyl sites for hydroxylation is 1. The number of hydrazone groups is 1. The number of nitrogens with one attached hydrogen (secondary N) is 1. The molecule has 1 aromatic heterocycles. The van der Waals surface area contributed by atoms with Crippen LogP contribution in [0.2, 0.25) is 10.0 Å². The van der Waals surface area contributed by atoms with Crippen LogP contribution in [0.3, 0.4) is 0 Å². The van der Waals surface area contributed by atoms with Crippen LogP contribution in [0.15, 0.2) is 29.4 Å². The SMILES string of the molecule is Cc1cc(/C=N\NC(=O)C2CC2)c(C)n1-c1cc(Cl)cc(Cl)c1. The maximum absolute atomic E-state index is 11.6. The van der Waals surface area contributed by atoms with E-state index in [1.807, 2.05) is 32.0 Å². The van der Waals surface area contributed by atoms with E-state index in [1.165, 1.54) is 0 Å². The Balaban J connectivity index is 1.86. The summed E-state index contributed by atoms with van der Waals surface area (Å²) in [6.07, 6.45) is 3.60. The predicted molar refractivity (Wildman–Crippen MR) is 93.7 cm³/mol. The first kappa shape index (κ1) is 16.1. The summed E-state index contributed by atoms with van der Waals surface area (Å²) in [7, 11) is 0. The van der Waals surface area contributed by atoms with Gasteiger partial charge in [-0.25, -0.2) is 5.43 Å². The molecule has 4 nitrogen and oxygen atoms in total. The van der Waals surface area contributed by atoms with Crippen LogP contribution in [-0.2, 0) is 4.79 Å². The van der Waals surface area contributed by atoms with Gasteiger partial charge in [-0.1, -0.05) is 23.2 Å². The molecule has 0 aliphatic heterocycles. The summed E-state index contributed by atoms with van der Waals surface area (Å²) in [5.74, 6) is 0.143. The quantitative estimate of drug-likeness (QED) is 0.650. The molecular formula is C17H17Cl2N3O. The van der Waals surface area contributed by atoms with E-state index in [0.29, 0.717) is 10.0 Å². The van der Waals surface area contributed by atoms with E-state index >= 15 is 0 Å². The maximum atomic E-state index is 11.6. The monoisotopic (exact) mass is 349 g/mol. The first-order chi connectivity index (χ1) is 11.0. The van der Waals surface area contributed by atoms with Gasteiger partial charge in [-0.3, -0.25) is 4.79 Å². The lowest BCUT2D eigenvalue weighted by Crippen LogP contribution is -2.19. The molecule has 1 aliphatic rings. The molecule has 0 bridgehead atoms. The lowest BCUT2D eigenvalue weighted by atomic mass is 10.2. The van der Waals surface area contributed by atoms with Gasteiger partial charge < -0.3 is 4.57 Å². The van der Waals surface area contributed by atoms with E-state index in [1.54, 1.807) is 12.3 Å². The number of halogens is 2. The van der Waals surface area contributed by atoms with E-state index in [2.05, 4.69) is 15.1 Å². The number of carbonyl (C=O) groups is 1. The molecule has 1 saturated carbocycles. The number of hydrogen-bond donors (Lipinski definition) is 1. The molecule has 120 valence electrons. The van der Waals surface area contributed by atoms with Crippen LogP contribution in [0.4, 0.5) is 0 Å². The average Bonchev–Trinajstić information content (AvgIpc) is 3.25. The maximum Gasteiger partial charge on any atom is 0.243 e. The second kappa shape index (κ2) is 6.38. The van der Waals surface area contributed by atoms with E-state index in [0.717, 1.165) is 35.5 Å². The second-order valence-electron chi connectivity index (χ2n) is 5.80. The van der Waals surface area contributed by atoms with Crippen LogP contribution in [0, 0.1) is 19.8 Å². The van der Waals surface area contributed by atoms with Gasteiger partial charge in [0.05, 0.1) is 6.21 Å². The normalized spacial score (nSPS) is 14.4. The van der Waals surface area contributed by atoms with Gasteiger partial charge in [-0.05, 0) is 51.0 Å². The number of rotatable bonds is 4. The molecule has 2 aromatic rings. The number of nitrogens with zero attached hydrogens (tertiary/aromatic N) is 2. The van der Waals surface area contributed by atoms with Crippen LogP contribution >= 0.6 is 23.2 Å². The van der Waals surface area contributed by atoms with Crippen molar-refractivity contribution in [3.63, 3.8) is 0 Å². The van der Waals surface area contributed by atoms with E-state index < -0.39 is 0 Å². The van der Waals surface area contributed by atoms with Gasteiger partial charge in [-0.15, -0.1) is 0 Å². The van der Waals surface area contributed by atoms with Crippen molar-refractivity contribution in [2.24, 2.45) is 11.0 Å². The van der Waals surface area contributed by atoms with Crippen LogP contribution in [0.5, 0.6) is 0 Å². The van der Waals surface area contributed by atoms with E-state index in [4.69, 9.17) is 23.2 Å². The van der Waals surface area contributed by atoms with Crippen LogP contribution < -0.4 is 5.43 Å². The van der Waals surface area contributed by atoms with Crippen molar-refractivity contribution in [3.05, 3.63) is 51.3 Å². The molecule has 0 spiro atoms. The van der Waals surface area contributed by atoms with E-state index in [9.17, 15) is 4.79 Å². The number of amides is 1. The van der Waals surface area contributed by atoms with Gasteiger partial charge in [0.2, 0.25) is 5.91 Å².